The van der Waals surface area contributed by atoms with Gasteiger partial charge in [0.15, 0.2) is 0 Å². The molecule has 0 aliphatic carbocycles. The van der Waals surface area contributed by atoms with Gasteiger partial charge in [-0.05, 0) is 55.9 Å². The van der Waals surface area contributed by atoms with Crippen molar-refractivity contribution in [2.75, 3.05) is 19.6 Å². The second-order valence-corrected chi connectivity index (χ2v) is 9.88. The zero-order chi connectivity index (χ0) is 28.8. The molecule has 0 bridgehead atoms. The van der Waals surface area contributed by atoms with E-state index in [-0.39, 0.29) is 30.7 Å². The normalized spacial score (nSPS) is 12.9. The summed E-state index contributed by atoms with van der Waals surface area (Å²) in [4.78, 5) is 40.6. The number of carbonyl (C=O) groups excluding carboxylic acids is 3. The van der Waals surface area contributed by atoms with Gasteiger partial charge in [-0.3, -0.25) is 14.4 Å². The molecule has 0 aliphatic rings. The van der Waals surface area contributed by atoms with Gasteiger partial charge in [-0.1, -0.05) is 57.2 Å². The number of nitrogens with zero attached hydrogens (tertiary/aromatic N) is 1. The first kappa shape index (κ1) is 31.9. The highest BCUT2D eigenvalue weighted by atomic mass is 19.4. The number of amides is 3. The highest BCUT2D eigenvalue weighted by molar-refractivity contribution is 5.99. The van der Waals surface area contributed by atoms with Crippen molar-refractivity contribution in [3.05, 3.63) is 71.3 Å². The lowest BCUT2D eigenvalue weighted by Crippen LogP contribution is -2.40. The van der Waals surface area contributed by atoms with Crippen LogP contribution in [-0.2, 0) is 11.2 Å². The van der Waals surface area contributed by atoms with E-state index in [0.29, 0.717) is 37.1 Å². The fourth-order valence-corrected chi connectivity index (χ4v) is 4.40. The fourth-order valence-electron chi connectivity index (χ4n) is 4.40. The van der Waals surface area contributed by atoms with Gasteiger partial charge in [0.05, 0.1) is 0 Å². The van der Waals surface area contributed by atoms with E-state index in [1.165, 1.54) is 0 Å². The van der Waals surface area contributed by atoms with E-state index in [1.807, 2.05) is 44.2 Å². The Bertz CT molecular complexity index is 1050. The summed E-state index contributed by atoms with van der Waals surface area (Å²) in [6.45, 7) is 6.93. The molecule has 3 amide bonds. The molecular weight excluding hydrogens is 507 g/mol. The van der Waals surface area contributed by atoms with Crippen LogP contribution >= 0.6 is 0 Å². The molecule has 0 radical (unpaired) electrons. The molecular formula is C30H40F3N3O3. The number of benzene rings is 2. The van der Waals surface area contributed by atoms with Crippen LogP contribution in [0.15, 0.2) is 54.6 Å². The lowest BCUT2D eigenvalue weighted by molar-refractivity contribution is -0.136. The lowest BCUT2D eigenvalue weighted by atomic mass is 9.95. The molecule has 2 aromatic rings. The first-order chi connectivity index (χ1) is 18.5. The zero-order valence-electron chi connectivity index (χ0n) is 23.0. The van der Waals surface area contributed by atoms with Gasteiger partial charge in [-0.2, -0.15) is 13.2 Å². The van der Waals surface area contributed by atoms with Gasteiger partial charge < -0.3 is 15.5 Å². The standard InChI is InChI=1S/C30H40F3N3O3/c1-4-17-36(18-5-2)29(39)25-14-9-13-24(21-25)28(38)35-26(20-23-11-7-6-8-12-23)19-22(3)27(37)34-16-10-15-30(31,32)33/h6-9,11-14,21-22,26H,4-5,10,15-20H2,1-3H3,(H,34,37)(H,35,38)/t22?,26-/m1/s1. The van der Waals surface area contributed by atoms with E-state index in [0.717, 1.165) is 18.4 Å². The van der Waals surface area contributed by atoms with Crippen LogP contribution in [0.1, 0.15) is 79.2 Å². The van der Waals surface area contributed by atoms with E-state index >= 15 is 0 Å². The average molecular weight is 548 g/mol. The quantitative estimate of drug-likeness (QED) is 0.278. The van der Waals surface area contributed by atoms with Crippen molar-refractivity contribution in [1.29, 1.82) is 0 Å². The van der Waals surface area contributed by atoms with Crippen molar-refractivity contribution in [1.82, 2.24) is 15.5 Å². The molecule has 0 aliphatic heterocycles. The summed E-state index contributed by atoms with van der Waals surface area (Å²) in [5, 5.41) is 5.57. The fraction of sp³-hybridized carbons (Fsp3) is 0.500. The van der Waals surface area contributed by atoms with Crippen molar-refractivity contribution in [3.63, 3.8) is 0 Å². The van der Waals surface area contributed by atoms with Crippen molar-refractivity contribution in [2.45, 2.75) is 71.5 Å². The van der Waals surface area contributed by atoms with Gasteiger partial charge in [0.2, 0.25) is 5.91 Å². The van der Waals surface area contributed by atoms with Crippen LogP contribution in [0.2, 0.25) is 0 Å². The molecule has 0 aromatic heterocycles. The van der Waals surface area contributed by atoms with E-state index in [1.54, 1.807) is 36.1 Å². The molecule has 0 fully saturated rings. The molecule has 1 unspecified atom stereocenters. The zero-order valence-corrected chi connectivity index (χ0v) is 23.0. The maximum absolute atomic E-state index is 13.3. The monoisotopic (exact) mass is 547 g/mol. The molecule has 2 N–H and O–H groups in total. The second-order valence-electron chi connectivity index (χ2n) is 9.88. The van der Waals surface area contributed by atoms with Gasteiger partial charge in [-0.15, -0.1) is 0 Å². The Morgan fingerprint density at radius 2 is 1.56 bits per heavy atom. The Morgan fingerprint density at radius 1 is 0.923 bits per heavy atom. The average Bonchev–Trinajstić information content (AvgIpc) is 2.90. The van der Waals surface area contributed by atoms with Crippen LogP contribution in [-0.4, -0.2) is 54.5 Å². The molecule has 6 nitrogen and oxygen atoms in total. The maximum atomic E-state index is 13.3. The number of rotatable bonds is 15. The molecule has 0 saturated heterocycles. The molecule has 0 saturated carbocycles. The Labute approximate surface area is 229 Å². The number of hydrogen-bond donors (Lipinski definition) is 2. The molecule has 214 valence electrons. The molecule has 0 spiro atoms. The van der Waals surface area contributed by atoms with Crippen LogP contribution in [0, 0.1) is 5.92 Å². The van der Waals surface area contributed by atoms with Crippen LogP contribution in [0.4, 0.5) is 13.2 Å². The third-order valence-electron chi connectivity index (χ3n) is 6.33. The first-order valence-corrected chi connectivity index (χ1v) is 13.6. The minimum absolute atomic E-state index is 0.0632. The number of halogens is 3. The van der Waals surface area contributed by atoms with Gasteiger partial charge >= 0.3 is 6.18 Å². The van der Waals surface area contributed by atoms with Crippen molar-refractivity contribution in [3.8, 4) is 0 Å². The largest absolute Gasteiger partial charge is 0.389 e. The Balaban J connectivity index is 2.11. The van der Waals surface area contributed by atoms with Crippen molar-refractivity contribution in [2.24, 2.45) is 5.92 Å². The lowest BCUT2D eigenvalue weighted by Gasteiger charge is -2.23. The number of alkyl halides is 3. The Morgan fingerprint density at radius 3 is 2.18 bits per heavy atom. The summed E-state index contributed by atoms with van der Waals surface area (Å²) in [5.41, 5.74) is 1.76. The summed E-state index contributed by atoms with van der Waals surface area (Å²) >= 11 is 0. The minimum Gasteiger partial charge on any atom is -0.356 e. The minimum atomic E-state index is -4.26. The summed E-state index contributed by atoms with van der Waals surface area (Å²) in [5.74, 6) is -1.37. The summed E-state index contributed by atoms with van der Waals surface area (Å²) in [7, 11) is 0. The molecule has 39 heavy (non-hydrogen) atoms. The van der Waals surface area contributed by atoms with Gasteiger partial charge in [0.1, 0.15) is 0 Å². The summed E-state index contributed by atoms with van der Waals surface area (Å²) < 4.78 is 37.1. The van der Waals surface area contributed by atoms with Crippen LogP contribution in [0.3, 0.4) is 0 Å². The predicted octanol–water partition coefficient (Wildman–Crippen LogP) is 5.77. The number of carbonyl (C=O) groups is 3. The topological polar surface area (TPSA) is 78.5 Å². The van der Waals surface area contributed by atoms with E-state index in [2.05, 4.69) is 10.6 Å². The van der Waals surface area contributed by atoms with Gasteiger partial charge in [-0.25, -0.2) is 0 Å². The number of nitrogens with one attached hydrogen (secondary N) is 2. The van der Waals surface area contributed by atoms with Crippen LogP contribution < -0.4 is 10.6 Å². The first-order valence-electron chi connectivity index (χ1n) is 13.6. The Kier molecular flexibility index (Phi) is 13.0. The SMILES string of the molecule is CCCN(CCC)C(=O)c1cccc(C(=O)N[C@@H](Cc2ccccc2)CC(C)C(=O)NCCCC(F)(F)F)c1. The van der Waals surface area contributed by atoms with Gasteiger partial charge in [0.25, 0.3) is 11.8 Å². The van der Waals surface area contributed by atoms with Gasteiger partial charge in [0, 0.05) is 49.1 Å². The van der Waals surface area contributed by atoms with E-state index in [9.17, 15) is 27.6 Å². The molecule has 2 aromatic carbocycles. The van der Waals surface area contributed by atoms with Crippen LogP contribution in [0.25, 0.3) is 0 Å². The number of hydrogen-bond acceptors (Lipinski definition) is 3. The van der Waals surface area contributed by atoms with E-state index < -0.39 is 24.6 Å². The predicted molar refractivity (Wildman–Crippen MR) is 146 cm³/mol. The van der Waals surface area contributed by atoms with E-state index in [4.69, 9.17) is 0 Å². The Hall–Kier alpha value is -3.36. The van der Waals surface area contributed by atoms with Crippen molar-refractivity contribution < 1.29 is 27.6 Å². The van der Waals surface area contributed by atoms with Crippen molar-refractivity contribution >= 4 is 17.7 Å². The third kappa shape index (κ3) is 11.5. The third-order valence-corrected chi connectivity index (χ3v) is 6.33. The summed E-state index contributed by atoms with van der Waals surface area (Å²) in [6, 6.07) is 15.7. The summed E-state index contributed by atoms with van der Waals surface area (Å²) in [6.07, 6.45) is -2.96. The molecule has 0 heterocycles. The highest BCUT2D eigenvalue weighted by Gasteiger charge is 2.27. The highest BCUT2D eigenvalue weighted by Crippen LogP contribution is 2.21. The maximum Gasteiger partial charge on any atom is 0.389 e. The smallest absolute Gasteiger partial charge is 0.356 e. The second kappa shape index (κ2) is 15.9. The molecule has 2 atom stereocenters. The molecule has 2 rings (SSSR count). The van der Waals surface area contributed by atoms with Crippen LogP contribution in [0.5, 0.6) is 0 Å². The molecule has 9 heteroatoms.